The molecule has 0 aliphatic heterocycles. The van der Waals surface area contributed by atoms with E-state index in [1.807, 2.05) is 6.07 Å². The molecule has 0 amide bonds. The Balaban J connectivity index is 2.51. The lowest BCUT2D eigenvalue weighted by Gasteiger charge is -2.33. The molecule has 0 aliphatic carbocycles. The van der Waals surface area contributed by atoms with Gasteiger partial charge in [-0.3, -0.25) is 9.77 Å². The van der Waals surface area contributed by atoms with Crippen LogP contribution in [0.3, 0.4) is 0 Å². The molecule has 0 fully saturated rings. The van der Waals surface area contributed by atoms with Crippen molar-refractivity contribution in [3.8, 4) is 5.75 Å². The Morgan fingerprint density at radius 2 is 1.56 bits per heavy atom. The van der Waals surface area contributed by atoms with Gasteiger partial charge in [0.2, 0.25) is 0 Å². The van der Waals surface area contributed by atoms with Gasteiger partial charge >= 0.3 is 7.60 Å². The molecular weight excluding hydrogens is 341 g/mol. The number of nitrogens with zero attached hydrogens (tertiary/aromatic N) is 1. The lowest BCUT2D eigenvalue weighted by atomic mass is 10.2. The zero-order valence-corrected chi connectivity index (χ0v) is 15.6. The van der Waals surface area contributed by atoms with Crippen LogP contribution >= 0.6 is 7.60 Å². The van der Waals surface area contributed by atoms with E-state index in [-0.39, 0.29) is 13.2 Å². The zero-order valence-electron chi connectivity index (χ0n) is 14.7. The number of hydrogen-bond acceptors (Lipinski definition) is 6. The number of hydroxylamine groups is 1. The van der Waals surface area contributed by atoms with Crippen molar-refractivity contribution in [1.82, 2.24) is 0 Å². The first-order valence-corrected chi connectivity index (χ1v) is 9.72. The van der Waals surface area contributed by atoms with Crippen LogP contribution in [0.2, 0.25) is 0 Å². The van der Waals surface area contributed by atoms with Crippen LogP contribution in [-0.2, 0) is 13.6 Å². The second kappa shape index (κ2) is 9.02. The molecule has 1 unspecified atom stereocenters. The molecule has 2 aromatic carbocycles. The number of para-hydroxylation sites is 1. The summed E-state index contributed by atoms with van der Waals surface area (Å²) in [6, 6.07) is 15.8. The van der Waals surface area contributed by atoms with Crippen molar-refractivity contribution in [2.75, 3.05) is 25.4 Å². The van der Waals surface area contributed by atoms with E-state index in [4.69, 9.17) is 13.8 Å². The highest BCUT2D eigenvalue weighted by atomic mass is 31.2. The summed E-state index contributed by atoms with van der Waals surface area (Å²) in [5, 5.41) is 11.8. The average Bonchev–Trinajstić information content (AvgIpc) is 2.63. The molecule has 0 saturated carbocycles. The van der Waals surface area contributed by atoms with Crippen LogP contribution < -0.4 is 9.80 Å². The summed E-state index contributed by atoms with van der Waals surface area (Å²) in [5.41, 5.74) is 1.08. The minimum atomic E-state index is -3.66. The molecule has 0 radical (unpaired) electrons. The van der Waals surface area contributed by atoms with Crippen molar-refractivity contribution >= 4 is 13.3 Å². The predicted molar refractivity (Wildman–Crippen MR) is 97.3 cm³/mol. The first-order valence-electron chi connectivity index (χ1n) is 8.11. The third-order valence-electron chi connectivity index (χ3n) is 3.58. The largest absolute Gasteiger partial charge is 0.497 e. The molecule has 25 heavy (non-hydrogen) atoms. The normalized spacial score (nSPS) is 12.6. The van der Waals surface area contributed by atoms with Crippen LogP contribution in [0.1, 0.15) is 25.2 Å². The van der Waals surface area contributed by atoms with Gasteiger partial charge in [0.25, 0.3) is 0 Å². The van der Waals surface area contributed by atoms with E-state index in [9.17, 15) is 9.77 Å². The van der Waals surface area contributed by atoms with Gasteiger partial charge in [0.1, 0.15) is 5.75 Å². The van der Waals surface area contributed by atoms with E-state index in [1.54, 1.807) is 69.5 Å². The Morgan fingerprint density at radius 3 is 2.04 bits per heavy atom. The SMILES string of the molecule is CCOP(=O)(OCC)C(c1ccc(OC)cc1)N(O)c1ccccc1. The molecule has 0 bridgehead atoms. The van der Waals surface area contributed by atoms with Crippen molar-refractivity contribution in [3.05, 3.63) is 60.2 Å². The van der Waals surface area contributed by atoms with E-state index in [0.29, 0.717) is 17.0 Å². The Bertz CT molecular complexity index is 682. The fraction of sp³-hybridized carbons (Fsp3) is 0.333. The molecule has 6 nitrogen and oxygen atoms in total. The number of methoxy groups -OCH3 is 1. The van der Waals surface area contributed by atoms with Gasteiger partial charge in [0, 0.05) is 0 Å². The molecule has 0 saturated heterocycles. The topological polar surface area (TPSA) is 68.2 Å². The van der Waals surface area contributed by atoms with Gasteiger partial charge < -0.3 is 13.8 Å². The fourth-order valence-electron chi connectivity index (χ4n) is 2.49. The predicted octanol–water partition coefficient (Wildman–Crippen LogP) is 4.86. The molecular formula is C18H24NO5P. The molecule has 2 rings (SSSR count). The van der Waals surface area contributed by atoms with E-state index < -0.39 is 13.4 Å². The number of hydrogen-bond donors (Lipinski definition) is 1. The van der Waals surface area contributed by atoms with Crippen molar-refractivity contribution < 1.29 is 23.6 Å². The summed E-state index contributed by atoms with van der Waals surface area (Å²) in [6.45, 7) is 3.88. The Labute approximate surface area is 148 Å². The number of ether oxygens (including phenoxy) is 1. The number of anilines is 1. The zero-order chi connectivity index (χ0) is 18.3. The second-order valence-electron chi connectivity index (χ2n) is 5.20. The highest BCUT2D eigenvalue weighted by Gasteiger charge is 2.41. The third-order valence-corrected chi connectivity index (χ3v) is 5.94. The van der Waals surface area contributed by atoms with Crippen LogP contribution in [0.25, 0.3) is 0 Å². The highest BCUT2D eigenvalue weighted by Crippen LogP contribution is 2.62. The summed E-state index contributed by atoms with van der Waals surface area (Å²) in [6.07, 6.45) is 0. The van der Waals surface area contributed by atoms with E-state index in [2.05, 4.69) is 0 Å². The van der Waals surface area contributed by atoms with E-state index in [0.717, 1.165) is 5.06 Å². The Hall–Kier alpha value is -1.85. The molecule has 136 valence electrons. The fourth-order valence-corrected chi connectivity index (χ4v) is 4.51. The van der Waals surface area contributed by atoms with Crippen molar-refractivity contribution in [2.45, 2.75) is 19.6 Å². The van der Waals surface area contributed by atoms with Crippen LogP contribution in [0.4, 0.5) is 5.69 Å². The summed E-state index contributed by atoms with van der Waals surface area (Å²) in [5.74, 6) is -0.338. The number of rotatable bonds is 9. The maximum absolute atomic E-state index is 13.4. The molecule has 0 aromatic heterocycles. The van der Waals surface area contributed by atoms with Crippen LogP contribution in [0.15, 0.2) is 54.6 Å². The minimum Gasteiger partial charge on any atom is -0.497 e. The van der Waals surface area contributed by atoms with Crippen LogP contribution in [0.5, 0.6) is 5.75 Å². The molecule has 0 spiro atoms. The van der Waals surface area contributed by atoms with Gasteiger partial charge in [-0.25, -0.2) is 5.06 Å². The molecule has 0 aliphatic rings. The lowest BCUT2D eigenvalue weighted by molar-refractivity contribution is 0.179. The third kappa shape index (κ3) is 4.61. The number of benzene rings is 2. The highest BCUT2D eigenvalue weighted by molar-refractivity contribution is 7.54. The summed E-state index contributed by atoms with van der Waals surface area (Å²) >= 11 is 0. The Kier molecular flexibility index (Phi) is 7.02. The summed E-state index contributed by atoms with van der Waals surface area (Å²) in [7, 11) is -2.09. The Morgan fingerprint density at radius 1 is 1.00 bits per heavy atom. The van der Waals surface area contributed by atoms with Crippen molar-refractivity contribution in [2.24, 2.45) is 0 Å². The average molecular weight is 365 g/mol. The van der Waals surface area contributed by atoms with Crippen LogP contribution in [-0.4, -0.2) is 25.5 Å². The molecule has 1 atom stereocenters. The van der Waals surface area contributed by atoms with Gasteiger partial charge in [-0.15, -0.1) is 0 Å². The quantitative estimate of drug-likeness (QED) is 0.506. The summed E-state index contributed by atoms with van der Waals surface area (Å²) < 4.78 is 29.5. The first kappa shape index (κ1) is 19.5. The van der Waals surface area contributed by atoms with E-state index in [1.165, 1.54) is 0 Å². The molecule has 1 N–H and O–H groups in total. The molecule has 7 heteroatoms. The summed E-state index contributed by atoms with van der Waals surface area (Å²) in [4.78, 5) is 0. The van der Waals surface area contributed by atoms with Gasteiger partial charge in [-0.05, 0) is 43.7 Å². The van der Waals surface area contributed by atoms with Crippen molar-refractivity contribution in [1.29, 1.82) is 0 Å². The standard InChI is InChI=1S/C18H24NO5P/c1-4-23-25(21,24-5-2)18(15-11-13-17(22-3)14-12-15)19(20)16-9-7-6-8-10-16/h6-14,18,20H,4-5H2,1-3H3. The smallest absolute Gasteiger partial charge is 0.359 e. The van der Waals surface area contributed by atoms with E-state index >= 15 is 0 Å². The lowest BCUT2D eigenvalue weighted by Crippen LogP contribution is -2.26. The monoisotopic (exact) mass is 365 g/mol. The van der Waals surface area contributed by atoms with Gasteiger partial charge in [0.15, 0.2) is 5.78 Å². The minimum absolute atomic E-state index is 0.201. The maximum Gasteiger partial charge on any atom is 0.359 e. The van der Waals surface area contributed by atoms with Gasteiger partial charge in [-0.1, -0.05) is 30.3 Å². The first-order chi connectivity index (χ1) is 12.1. The second-order valence-corrected chi connectivity index (χ2v) is 7.29. The van der Waals surface area contributed by atoms with Crippen LogP contribution in [0, 0.1) is 0 Å². The molecule has 2 aromatic rings. The van der Waals surface area contributed by atoms with Gasteiger partial charge in [-0.2, -0.15) is 0 Å². The molecule has 0 heterocycles. The maximum atomic E-state index is 13.4. The van der Waals surface area contributed by atoms with Crippen molar-refractivity contribution in [3.63, 3.8) is 0 Å². The van der Waals surface area contributed by atoms with Gasteiger partial charge in [0.05, 0.1) is 26.0 Å².